The van der Waals surface area contributed by atoms with Gasteiger partial charge < -0.3 is 5.32 Å². The van der Waals surface area contributed by atoms with Gasteiger partial charge in [-0.15, -0.1) is 0 Å². The highest BCUT2D eigenvalue weighted by molar-refractivity contribution is 5.85. The number of fused-ring (bicyclic) bond motifs is 1. The molecule has 0 amide bonds. The maximum absolute atomic E-state index is 4.46. The van der Waals surface area contributed by atoms with E-state index in [0.717, 1.165) is 19.0 Å². The first-order valence-corrected chi connectivity index (χ1v) is 7.43. The lowest BCUT2D eigenvalue weighted by Crippen LogP contribution is -2.35. The molecule has 1 aromatic heterocycles. The number of piperidine rings is 1. The second-order valence-corrected chi connectivity index (χ2v) is 5.60. The summed E-state index contributed by atoms with van der Waals surface area (Å²) in [6.45, 7) is 4.57. The molecule has 1 saturated heterocycles. The molecule has 3 rings (SSSR count). The zero-order chi connectivity index (χ0) is 13.1. The van der Waals surface area contributed by atoms with E-state index in [9.17, 15) is 0 Å². The SMILES string of the molecule is CCCC1CNCCC1c1cncc2ccccc12. The lowest BCUT2D eigenvalue weighted by molar-refractivity contribution is 0.307. The van der Waals surface area contributed by atoms with E-state index in [4.69, 9.17) is 0 Å². The van der Waals surface area contributed by atoms with Gasteiger partial charge in [0.05, 0.1) is 0 Å². The van der Waals surface area contributed by atoms with Crippen LogP contribution in [0.25, 0.3) is 10.8 Å². The van der Waals surface area contributed by atoms with Gasteiger partial charge in [-0.1, -0.05) is 37.6 Å². The summed E-state index contributed by atoms with van der Waals surface area (Å²) in [5.41, 5.74) is 1.46. The number of nitrogens with one attached hydrogen (secondary N) is 1. The van der Waals surface area contributed by atoms with E-state index in [1.165, 1.54) is 35.6 Å². The molecule has 1 aromatic carbocycles. The number of hydrogen-bond donors (Lipinski definition) is 1. The van der Waals surface area contributed by atoms with Gasteiger partial charge in [0, 0.05) is 17.8 Å². The Kier molecular flexibility index (Phi) is 3.79. The average molecular weight is 254 g/mol. The van der Waals surface area contributed by atoms with E-state index in [1.54, 1.807) is 0 Å². The average Bonchev–Trinajstić information content (AvgIpc) is 2.48. The third-order valence-corrected chi connectivity index (χ3v) is 4.37. The maximum atomic E-state index is 4.46. The van der Waals surface area contributed by atoms with Gasteiger partial charge in [-0.3, -0.25) is 4.98 Å². The molecular formula is C17H22N2. The largest absolute Gasteiger partial charge is 0.316 e. The summed E-state index contributed by atoms with van der Waals surface area (Å²) in [5.74, 6) is 1.42. The normalized spacial score (nSPS) is 23.6. The number of benzene rings is 1. The van der Waals surface area contributed by atoms with Crippen LogP contribution >= 0.6 is 0 Å². The predicted molar refractivity (Wildman–Crippen MR) is 80.4 cm³/mol. The quantitative estimate of drug-likeness (QED) is 0.902. The third kappa shape index (κ3) is 2.50. The molecule has 100 valence electrons. The number of nitrogens with zero attached hydrogens (tertiary/aromatic N) is 1. The first-order chi connectivity index (χ1) is 9.40. The molecule has 2 aromatic rings. The van der Waals surface area contributed by atoms with Gasteiger partial charge in [0.1, 0.15) is 0 Å². The summed E-state index contributed by atoms with van der Waals surface area (Å²) in [6, 6.07) is 8.65. The van der Waals surface area contributed by atoms with Gasteiger partial charge in [-0.05, 0) is 48.7 Å². The standard InChI is InChI=1S/C17H22N2/c1-2-5-13-10-18-9-8-16(13)17-12-19-11-14-6-3-4-7-15(14)17/h3-4,6-7,11-13,16,18H,2,5,8-10H2,1H3. The Morgan fingerprint density at radius 3 is 3.05 bits per heavy atom. The van der Waals surface area contributed by atoms with Crippen LogP contribution in [-0.4, -0.2) is 18.1 Å². The van der Waals surface area contributed by atoms with Crippen molar-refractivity contribution in [1.82, 2.24) is 10.3 Å². The van der Waals surface area contributed by atoms with Gasteiger partial charge in [-0.2, -0.15) is 0 Å². The molecule has 1 aliphatic heterocycles. The molecule has 2 heteroatoms. The second-order valence-electron chi connectivity index (χ2n) is 5.60. The number of pyridine rings is 1. The Labute approximate surface area is 115 Å². The van der Waals surface area contributed by atoms with Gasteiger partial charge in [0.2, 0.25) is 0 Å². The number of rotatable bonds is 3. The van der Waals surface area contributed by atoms with Crippen LogP contribution in [0.2, 0.25) is 0 Å². The summed E-state index contributed by atoms with van der Waals surface area (Å²) >= 11 is 0. The molecule has 2 nitrogen and oxygen atoms in total. The van der Waals surface area contributed by atoms with Crippen LogP contribution in [0.5, 0.6) is 0 Å². The van der Waals surface area contributed by atoms with E-state index >= 15 is 0 Å². The van der Waals surface area contributed by atoms with Crippen molar-refractivity contribution in [2.24, 2.45) is 5.92 Å². The van der Waals surface area contributed by atoms with Crippen molar-refractivity contribution in [2.75, 3.05) is 13.1 Å². The minimum absolute atomic E-state index is 0.666. The molecule has 1 aliphatic rings. The Morgan fingerprint density at radius 2 is 2.16 bits per heavy atom. The number of hydrogen-bond acceptors (Lipinski definition) is 2. The monoisotopic (exact) mass is 254 g/mol. The van der Waals surface area contributed by atoms with Crippen LogP contribution in [0.4, 0.5) is 0 Å². The van der Waals surface area contributed by atoms with Crippen LogP contribution in [-0.2, 0) is 0 Å². The summed E-state index contributed by atoms with van der Waals surface area (Å²) in [7, 11) is 0. The van der Waals surface area contributed by atoms with E-state index in [2.05, 4.69) is 47.7 Å². The van der Waals surface area contributed by atoms with Crippen molar-refractivity contribution in [3.8, 4) is 0 Å². The Bertz CT molecular complexity index is 542. The minimum Gasteiger partial charge on any atom is -0.316 e. The molecule has 1 fully saturated rings. The van der Waals surface area contributed by atoms with Crippen molar-refractivity contribution < 1.29 is 0 Å². The van der Waals surface area contributed by atoms with Crippen molar-refractivity contribution in [3.63, 3.8) is 0 Å². The third-order valence-electron chi connectivity index (χ3n) is 4.37. The summed E-state index contributed by atoms with van der Waals surface area (Å²) in [6.07, 6.45) is 7.89. The van der Waals surface area contributed by atoms with E-state index in [-0.39, 0.29) is 0 Å². The Morgan fingerprint density at radius 1 is 1.26 bits per heavy atom. The molecule has 0 radical (unpaired) electrons. The van der Waals surface area contributed by atoms with Crippen LogP contribution in [0.15, 0.2) is 36.7 Å². The molecular weight excluding hydrogens is 232 g/mol. The van der Waals surface area contributed by atoms with Crippen molar-refractivity contribution in [1.29, 1.82) is 0 Å². The molecule has 2 heterocycles. The van der Waals surface area contributed by atoms with Crippen LogP contribution < -0.4 is 5.32 Å². The Hall–Kier alpha value is -1.41. The van der Waals surface area contributed by atoms with Gasteiger partial charge in [0.15, 0.2) is 0 Å². The minimum atomic E-state index is 0.666. The molecule has 0 spiro atoms. The molecule has 2 atom stereocenters. The molecule has 0 saturated carbocycles. The highest BCUT2D eigenvalue weighted by Gasteiger charge is 2.26. The second kappa shape index (κ2) is 5.70. The van der Waals surface area contributed by atoms with E-state index in [1.807, 2.05) is 6.20 Å². The van der Waals surface area contributed by atoms with Gasteiger partial charge in [-0.25, -0.2) is 0 Å². The van der Waals surface area contributed by atoms with Gasteiger partial charge >= 0.3 is 0 Å². The highest BCUT2D eigenvalue weighted by Crippen LogP contribution is 2.36. The van der Waals surface area contributed by atoms with Crippen LogP contribution in [0.1, 0.15) is 37.7 Å². The first kappa shape index (κ1) is 12.6. The van der Waals surface area contributed by atoms with Crippen LogP contribution in [0, 0.1) is 5.92 Å². The van der Waals surface area contributed by atoms with Crippen molar-refractivity contribution >= 4 is 10.8 Å². The molecule has 1 N–H and O–H groups in total. The topological polar surface area (TPSA) is 24.9 Å². The molecule has 0 aliphatic carbocycles. The van der Waals surface area contributed by atoms with Crippen LogP contribution in [0.3, 0.4) is 0 Å². The van der Waals surface area contributed by atoms with Crippen molar-refractivity contribution in [2.45, 2.75) is 32.1 Å². The van der Waals surface area contributed by atoms with Gasteiger partial charge in [0.25, 0.3) is 0 Å². The number of aromatic nitrogens is 1. The zero-order valence-corrected chi connectivity index (χ0v) is 11.6. The molecule has 0 bridgehead atoms. The first-order valence-electron chi connectivity index (χ1n) is 7.43. The smallest absolute Gasteiger partial charge is 0.0346 e. The maximum Gasteiger partial charge on any atom is 0.0346 e. The fourth-order valence-electron chi connectivity index (χ4n) is 3.44. The zero-order valence-electron chi connectivity index (χ0n) is 11.6. The summed E-state index contributed by atoms with van der Waals surface area (Å²) < 4.78 is 0. The van der Waals surface area contributed by atoms with E-state index < -0.39 is 0 Å². The summed E-state index contributed by atoms with van der Waals surface area (Å²) in [4.78, 5) is 4.46. The van der Waals surface area contributed by atoms with Crippen molar-refractivity contribution in [3.05, 3.63) is 42.2 Å². The lowest BCUT2D eigenvalue weighted by Gasteiger charge is -2.33. The molecule has 19 heavy (non-hydrogen) atoms. The predicted octanol–water partition coefficient (Wildman–Crippen LogP) is 3.73. The lowest BCUT2D eigenvalue weighted by atomic mass is 9.78. The Balaban J connectivity index is 2.02. The fraction of sp³-hybridized carbons (Fsp3) is 0.471. The highest BCUT2D eigenvalue weighted by atomic mass is 14.9. The van der Waals surface area contributed by atoms with E-state index in [0.29, 0.717) is 5.92 Å². The molecule has 2 unspecified atom stereocenters. The fourth-order valence-corrected chi connectivity index (χ4v) is 3.44. The summed E-state index contributed by atoms with van der Waals surface area (Å²) in [5, 5.41) is 6.21.